The molecule has 0 atom stereocenters. The minimum atomic E-state index is -0.461. The van der Waals surface area contributed by atoms with Crippen molar-refractivity contribution in [3.05, 3.63) is 94.4 Å². The fraction of sp³-hybridized carbons (Fsp3) is 0.0476. The number of nitro benzene ring substituents is 1. The van der Waals surface area contributed by atoms with Gasteiger partial charge in [0.1, 0.15) is 5.76 Å². The van der Waals surface area contributed by atoms with Crippen LogP contribution in [0.5, 0.6) is 0 Å². The smallest absolute Gasteiger partial charge is 0.269 e. The summed E-state index contributed by atoms with van der Waals surface area (Å²) in [6.45, 7) is 0.246. The number of carbonyl (C=O) groups excluding carboxylic acids is 1. The van der Waals surface area contributed by atoms with Crippen LogP contribution in [0.3, 0.4) is 0 Å². The number of thiazole rings is 1. The summed E-state index contributed by atoms with van der Waals surface area (Å²) in [4.78, 5) is 29.4. The molecule has 0 aliphatic rings. The Bertz CT molecular complexity index is 1150. The van der Waals surface area contributed by atoms with Gasteiger partial charge in [-0.3, -0.25) is 19.8 Å². The molecule has 8 heteroatoms. The van der Waals surface area contributed by atoms with Crippen LogP contribution < -0.4 is 4.90 Å². The molecule has 0 unspecified atom stereocenters. The van der Waals surface area contributed by atoms with E-state index in [9.17, 15) is 14.9 Å². The Morgan fingerprint density at radius 1 is 1.14 bits per heavy atom. The second-order valence-corrected chi connectivity index (χ2v) is 7.16. The fourth-order valence-electron chi connectivity index (χ4n) is 2.74. The summed E-state index contributed by atoms with van der Waals surface area (Å²) in [7, 11) is 0. The molecule has 29 heavy (non-hydrogen) atoms. The van der Waals surface area contributed by atoms with Gasteiger partial charge in [-0.25, -0.2) is 4.98 Å². The fourth-order valence-corrected chi connectivity index (χ4v) is 3.71. The Kier molecular flexibility index (Phi) is 5.17. The highest BCUT2D eigenvalue weighted by molar-refractivity contribution is 7.22. The molecular formula is C21H15N3O4S. The number of nitrogens with zero attached hydrogens (tertiary/aromatic N) is 3. The van der Waals surface area contributed by atoms with E-state index in [1.165, 1.54) is 29.5 Å². The number of carbonyl (C=O) groups is 1. The monoisotopic (exact) mass is 405 g/mol. The largest absolute Gasteiger partial charge is 0.467 e. The van der Waals surface area contributed by atoms with Crippen LogP contribution in [0.2, 0.25) is 0 Å². The van der Waals surface area contributed by atoms with Gasteiger partial charge in [0.05, 0.1) is 27.9 Å². The average Bonchev–Trinajstić information content (AvgIpc) is 3.39. The Hall–Kier alpha value is -3.78. The van der Waals surface area contributed by atoms with E-state index in [0.717, 1.165) is 10.2 Å². The minimum absolute atomic E-state index is 0.00222. The Labute approximate surface area is 169 Å². The number of nitro groups is 1. The highest BCUT2D eigenvalue weighted by atomic mass is 32.1. The normalized spacial score (nSPS) is 11.2. The standard InChI is InChI=1S/C21H15N3O4S/c25-20(12-9-15-7-10-16(11-8-15)24(26)27)23(14-17-4-3-13-28-17)21-22-18-5-1-2-6-19(18)29-21/h1-13H,14H2/b12-9-. The zero-order valence-corrected chi connectivity index (χ0v) is 15.9. The molecule has 4 aromatic rings. The van der Waals surface area contributed by atoms with Crippen LogP contribution in [-0.4, -0.2) is 15.8 Å². The molecule has 0 saturated heterocycles. The number of anilines is 1. The van der Waals surface area contributed by atoms with E-state index >= 15 is 0 Å². The lowest BCUT2D eigenvalue weighted by Gasteiger charge is -2.16. The van der Waals surface area contributed by atoms with Crippen molar-refractivity contribution in [2.45, 2.75) is 6.54 Å². The summed E-state index contributed by atoms with van der Waals surface area (Å²) >= 11 is 1.43. The van der Waals surface area contributed by atoms with Crippen molar-refractivity contribution in [1.29, 1.82) is 0 Å². The van der Waals surface area contributed by atoms with E-state index in [4.69, 9.17) is 4.42 Å². The summed E-state index contributed by atoms with van der Waals surface area (Å²) in [6.07, 6.45) is 4.60. The van der Waals surface area contributed by atoms with Crippen molar-refractivity contribution < 1.29 is 14.1 Å². The zero-order valence-electron chi connectivity index (χ0n) is 15.1. The molecule has 2 heterocycles. The molecule has 7 nitrogen and oxygen atoms in total. The summed E-state index contributed by atoms with van der Waals surface area (Å²) in [5, 5.41) is 11.3. The van der Waals surface area contributed by atoms with Crippen LogP contribution in [0.25, 0.3) is 16.3 Å². The van der Waals surface area contributed by atoms with Gasteiger partial charge in [0.25, 0.3) is 11.6 Å². The number of non-ortho nitro benzene ring substituents is 1. The van der Waals surface area contributed by atoms with E-state index in [1.807, 2.05) is 24.3 Å². The molecule has 0 aliphatic heterocycles. The predicted molar refractivity (Wildman–Crippen MR) is 112 cm³/mol. The topological polar surface area (TPSA) is 89.5 Å². The number of benzene rings is 2. The molecule has 0 saturated carbocycles. The first-order chi connectivity index (χ1) is 14.1. The third-order valence-electron chi connectivity index (χ3n) is 4.20. The van der Waals surface area contributed by atoms with Gasteiger partial charge >= 0.3 is 0 Å². The lowest BCUT2D eigenvalue weighted by Crippen LogP contribution is -2.28. The molecule has 0 spiro atoms. The average molecular weight is 405 g/mol. The van der Waals surface area contributed by atoms with E-state index < -0.39 is 4.92 Å². The van der Waals surface area contributed by atoms with Crippen LogP contribution in [0.4, 0.5) is 10.8 Å². The maximum Gasteiger partial charge on any atom is 0.269 e. The molecule has 0 fully saturated rings. The Balaban J connectivity index is 1.61. The van der Waals surface area contributed by atoms with Gasteiger partial charge in [-0.2, -0.15) is 0 Å². The SMILES string of the molecule is O=C(/C=C\c1ccc([N+](=O)[O-])cc1)N(Cc1ccco1)c1nc2ccccc2s1. The number of fused-ring (bicyclic) bond motifs is 1. The third kappa shape index (κ3) is 4.22. The first kappa shape index (κ1) is 18.6. The minimum Gasteiger partial charge on any atom is -0.467 e. The number of para-hydroxylation sites is 1. The Morgan fingerprint density at radius 2 is 1.93 bits per heavy atom. The quantitative estimate of drug-likeness (QED) is 0.255. The highest BCUT2D eigenvalue weighted by Crippen LogP contribution is 2.30. The number of furan rings is 1. The molecule has 144 valence electrons. The van der Waals surface area contributed by atoms with Crippen molar-refractivity contribution in [3.8, 4) is 0 Å². The second kappa shape index (κ2) is 8.07. The highest BCUT2D eigenvalue weighted by Gasteiger charge is 2.19. The molecule has 0 bridgehead atoms. The molecule has 4 rings (SSSR count). The van der Waals surface area contributed by atoms with Gasteiger partial charge in [-0.1, -0.05) is 23.5 Å². The molecule has 2 aromatic carbocycles. The van der Waals surface area contributed by atoms with Crippen molar-refractivity contribution in [2.75, 3.05) is 4.90 Å². The van der Waals surface area contributed by atoms with E-state index in [0.29, 0.717) is 16.5 Å². The van der Waals surface area contributed by atoms with Gasteiger partial charge < -0.3 is 4.42 Å². The maximum atomic E-state index is 13.0. The van der Waals surface area contributed by atoms with Crippen LogP contribution >= 0.6 is 11.3 Å². The van der Waals surface area contributed by atoms with E-state index in [2.05, 4.69) is 4.98 Å². The number of aromatic nitrogens is 1. The number of amides is 1. The van der Waals surface area contributed by atoms with Crippen LogP contribution in [-0.2, 0) is 11.3 Å². The number of hydrogen-bond acceptors (Lipinski definition) is 6. The third-order valence-corrected chi connectivity index (χ3v) is 5.26. The molecule has 1 amide bonds. The lowest BCUT2D eigenvalue weighted by molar-refractivity contribution is -0.384. The molecule has 0 N–H and O–H groups in total. The van der Waals surface area contributed by atoms with Gasteiger partial charge in [-0.15, -0.1) is 0 Å². The molecule has 0 radical (unpaired) electrons. The number of hydrogen-bond donors (Lipinski definition) is 0. The van der Waals surface area contributed by atoms with Crippen LogP contribution in [0, 0.1) is 10.1 Å². The van der Waals surface area contributed by atoms with Crippen molar-refractivity contribution in [3.63, 3.8) is 0 Å². The first-order valence-electron chi connectivity index (χ1n) is 8.72. The van der Waals surface area contributed by atoms with E-state index in [-0.39, 0.29) is 18.1 Å². The second-order valence-electron chi connectivity index (χ2n) is 6.15. The summed E-state index contributed by atoms with van der Waals surface area (Å²) < 4.78 is 6.39. The molecule has 2 aromatic heterocycles. The van der Waals surface area contributed by atoms with E-state index in [1.54, 1.807) is 41.5 Å². The Morgan fingerprint density at radius 3 is 2.62 bits per heavy atom. The lowest BCUT2D eigenvalue weighted by atomic mass is 10.2. The van der Waals surface area contributed by atoms with Gasteiger partial charge in [-0.05, 0) is 48.0 Å². The summed E-state index contributed by atoms with van der Waals surface area (Å²) in [5.41, 5.74) is 1.51. The van der Waals surface area contributed by atoms with Gasteiger partial charge in [0.15, 0.2) is 5.13 Å². The summed E-state index contributed by atoms with van der Waals surface area (Å²) in [6, 6.07) is 17.2. The van der Waals surface area contributed by atoms with Crippen LogP contribution in [0.15, 0.2) is 77.4 Å². The molecule has 0 aliphatic carbocycles. The van der Waals surface area contributed by atoms with Crippen molar-refractivity contribution in [1.82, 2.24) is 4.98 Å². The van der Waals surface area contributed by atoms with Crippen LogP contribution in [0.1, 0.15) is 11.3 Å². The van der Waals surface area contributed by atoms with Crippen molar-refractivity contribution in [2.24, 2.45) is 0 Å². The maximum absolute atomic E-state index is 13.0. The number of rotatable bonds is 6. The zero-order chi connectivity index (χ0) is 20.2. The predicted octanol–water partition coefficient (Wildman–Crippen LogP) is 5.04. The van der Waals surface area contributed by atoms with Crippen molar-refractivity contribution >= 4 is 44.4 Å². The van der Waals surface area contributed by atoms with Gasteiger partial charge in [0, 0.05) is 18.2 Å². The molecular weight excluding hydrogens is 390 g/mol. The first-order valence-corrected chi connectivity index (χ1v) is 9.54. The summed E-state index contributed by atoms with van der Waals surface area (Å²) in [5.74, 6) is 0.375. The van der Waals surface area contributed by atoms with Gasteiger partial charge in [0.2, 0.25) is 0 Å².